The van der Waals surface area contributed by atoms with Crippen molar-refractivity contribution in [1.29, 1.82) is 0 Å². The normalized spacial score (nSPS) is 10.2. The number of thiazole rings is 1. The van der Waals surface area contributed by atoms with Crippen LogP contribution in [-0.2, 0) is 13.2 Å². The standard InChI is InChI=1S/C12H13NO3S/c1-15-10-3-2-9(6-14)12(4-10)16-7-11-5-13-8-17-11/h2-5,8,14H,6-7H2,1H3. The Bertz CT molecular complexity index is 471. The van der Waals surface area contributed by atoms with E-state index in [0.717, 1.165) is 10.4 Å². The molecule has 0 amide bonds. The second kappa shape index (κ2) is 5.65. The number of ether oxygens (including phenoxy) is 2. The minimum absolute atomic E-state index is 0.0536. The molecule has 0 saturated heterocycles. The van der Waals surface area contributed by atoms with Gasteiger partial charge in [-0.25, -0.2) is 0 Å². The number of benzene rings is 1. The summed E-state index contributed by atoms with van der Waals surface area (Å²) in [6.07, 6.45) is 1.77. The molecule has 5 heteroatoms. The molecule has 1 N–H and O–H groups in total. The first-order valence-corrected chi connectivity index (χ1v) is 5.99. The highest BCUT2D eigenvalue weighted by molar-refractivity contribution is 7.09. The Morgan fingerprint density at radius 1 is 1.41 bits per heavy atom. The summed E-state index contributed by atoms with van der Waals surface area (Å²) in [5.74, 6) is 1.35. The number of nitrogens with zero attached hydrogens (tertiary/aromatic N) is 1. The van der Waals surface area contributed by atoms with Crippen molar-refractivity contribution >= 4 is 11.3 Å². The lowest BCUT2D eigenvalue weighted by Gasteiger charge is -2.10. The van der Waals surface area contributed by atoms with Crippen LogP contribution >= 0.6 is 11.3 Å². The van der Waals surface area contributed by atoms with Gasteiger partial charge in [-0.1, -0.05) is 0 Å². The van der Waals surface area contributed by atoms with E-state index in [9.17, 15) is 5.11 Å². The fraction of sp³-hybridized carbons (Fsp3) is 0.250. The molecule has 90 valence electrons. The highest BCUT2D eigenvalue weighted by Gasteiger charge is 2.06. The van der Waals surface area contributed by atoms with Crippen LogP contribution in [0.3, 0.4) is 0 Å². The van der Waals surface area contributed by atoms with Crippen molar-refractivity contribution in [3.05, 3.63) is 40.3 Å². The molecule has 2 rings (SSSR count). The summed E-state index contributed by atoms with van der Waals surface area (Å²) in [5.41, 5.74) is 2.51. The Balaban J connectivity index is 2.12. The third-order valence-corrected chi connectivity index (χ3v) is 3.05. The van der Waals surface area contributed by atoms with E-state index < -0.39 is 0 Å². The van der Waals surface area contributed by atoms with Crippen LogP contribution in [0.5, 0.6) is 11.5 Å². The van der Waals surface area contributed by atoms with Gasteiger partial charge in [-0.2, -0.15) is 0 Å². The Morgan fingerprint density at radius 2 is 2.29 bits per heavy atom. The van der Waals surface area contributed by atoms with E-state index in [1.807, 2.05) is 0 Å². The molecular formula is C12H13NO3S. The SMILES string of the molecule is COc1ccc(CO)c(OCc2cncs2)c1. The van der Waals surface area contributed by atoms with Gasteiger partial charge in [0.1, 0.15) is 18.1 Å². The molecule has 0 spiro atoms. The van der Waals surface area contributed by atoms with E-state index in [1.54, 1.807) is 37.0 Å². The van der Waals surface area contributed by atoms with Crippen molar-refractivity contribution in [2.75, 3.05) is 7.11 Å². The number of aliphatic hydroxyl groups is 1. The molecule has 0 saturated carbocycles. The Hall–Kier alpha value is -1.59. The maximum absolute atomic E-state index is 9.21. The molecule has 0 unspecified atom stereocenters. The molecule has 0 atom stereocenters. The van der Waals surface area contributed by atoms with Crippen LogP contribution in [0.1, 0.15) is 10.4 Å². The van der Waals surface area contributed by atoms with E-state index in [-0.39, 0.29) is 6.61 Å². The number of aliphatic hydroxyl groups excluding tert-OH is 1. The topological polar surface area (TPSA) is 51.6 Å². The molecule has 0 fully saturated rings. The summed E-state index contributed by atoms with van der Waals surface area (Å²) < 4.78 is 10.8. The quantitative estimate of drug-likeness (QED) is 0.885. The predicted octanol–water partition coefficient (Wildman–Crippen LogP) is 2.22. The van der Waals surface area contributed by atoms with Crippen LogP contribution in [0.15, 0.2) is 29.9 Å². The second-order valence-corrected chi connectivity index (χ2v) is 4.36. The van der Waals surface area contributed by atoms with Gasteiger partial charge in [-0.3, -0.25) is 4.98 Å². The van der Waals surface area contributed by atoms with Gasteiger partial charge in [0.2, 0.25) is 0 Å². The van der Waals surface area contributed by atoms with Gasteiger partial charge in [0.25, 0.3) is 0 Å². The van der Waals surface area contributed by atoms with Crippen LogP contribution in [0.2, 0.25) is 0 Å². The first-order valence-electron chi connectivity index (χ1n) is 5.11. The van der Waals surface area contributed by atoms with Crippen LogP contribution < -0.4 is 9.47 Å². The molecule has 1 aromatic heterocycles. The zero-order chi connectivity index (χ0) is 12.1. The van der Waals surface area contributed by atoms with Gasteiger partial charge in [-0.05, 0) is 12.1 Å². The molecule has 4 nitrogen and oxygen atoms in total. The van der Waals surface area contributed by atoms with Gasteiger partial charge in [0, 0.05) is 17.8 Å². The van der Waals surface area contributed by atoms with Crippen molar-refractivity contribution in [3.63, 3.8) is 0 Å². The van der Waals surface area contributed by atoms with Gasteiger partial charge < -0.3 is 14.6 Å². The molecule has 0 bridgehead atoms. The number of rotatable bonds is 5. The van der Waals surface area contributed by atoms with Crippen LogP contribution in [0, 0.1) is 0 Å². The van der Waals surface area contributed by atoms with Crippen molar-refractivity contribution in [3.8, 4) is 11.5 Å². The largest absolute Gasteiger partial charge is 0.497 e. The Labute approximate surface area is 103 Å². The monoisotopic (exact) mass is 251 g/mol. The lowest BCUT2D eigenvalue weighted by molar-refractivity contribution is 0.259. The number of methoxy groups -OCH3 is 1. The maximum Gasteiger partial charge on any atom is 0.129 e. The summed E-state index contributed by atoms with van der Waals surface area (Å²) in [6.45, 7) is 0.396. The summed E-state index contributed by atoms with van der Waals surface area (Å²) in [4.78, 5) is 5.01. The molecule has 0 aliphatic heterocycles. The third-order valence-electron chi connectivity index (χ3n) is 2.30. The van der Waals surface area contributed by atoms with Gasteiger partial charge in [0.05, 0.1) is 24.1 Å². The lowest BCUT2D eigenvalue weighted by Crippen LogP contribution is -1.98. The van der Waals surface area contributed by atoms with Crippen LogP contribution in [-0.4, -0.2) is 17.2 Å². The van der Waals surface area contributed by atoms with Crippen LogP contribution in [0.25, 0.3) is 0 Å². The first kappa shape index (κ1) is 11.9. The lowest BCUT2D eigenvalue weighted by atomic mass is 10.2. The molecule has 1 aromatic carbocycles. The van der Waals surface area contributed by atoms with Gasteiger partial charge >= 0.3 is 0 Å². The molecule has 2 aromatic rings. The van der Waals surface area contributed by atoms with Gasteiger partial charge in [-0.15, -0.1) is 11.3 Å². The number of hydrogen-bond donors (Lipinski definition) is 1. The molecule has 17 heavy (non-hydrogen) atoms. The van der Waals surface area contributed by atoms with E-state index >= 15 is 0 Å². The fourth-order valence-electron chi connectivity index (χ4n) is 1.39. The fourth-order valence-corrected chi connectivity index (χ4v) is 1.89. The summed E-state index contributed by atoms with van der Waals surface area (Å²) in [6, 6.07) is 5.36. The zero-order valence-electron chi connectivity index (χ0n) is 9.42. The van der Waals surface area contributed by atoms with E-state index in [4.69, 9.17) is 9.47 Å². The Kier molecular flexibility index (Phi) is 3.95. The molecule has 0 aliphatic carbocycles. The molecule has 0 radical (unpaired) electrons. The summed E-state index contributed by atoms with van der Waals surface area (Å²) in [5, 5.41) is 9.21. The highest BCUT2D eigenvalue weighted by Crippen LogP contribution is 2.26. The average molecular weight is 251 g/mol. The summed E-state index contributed by atoms with van der Waals surface area (Å²) >= 11 is 1.54. The average Bonchev–Trinajstić information content (AvgIpc) is 2.89. The minimum atomic E-state index is -0.0536. The van der Waals surface area contributed by atoms with Crippen molar-refractivity contribution in [2.45, 2.75) is 13.2 Å². The molecule has 0 aliphatic rings. The number of hydrogen-bond acceptors (Lipinski definition) is 5. The van der Waals surface area contributed by atoms with E-state index in [0.29, 0.717) is 18.1 Å². The highest BCUT2D eigenvalue weighted by atomic mass is 32.1. The Morgan fingerprint density at radius 3 is 2.94 bits per heavy atom. The first-order chi connectivity index (χ1) is 8.33. The minimum Gasteiger partial charge on any atom is -0.497 e. The van der Waals surface area contributed by atoms with Crippen molar-refractivity contribution in [1.82, 2.24) is 4.98 Å². The summed E-state index contributed by atoms with van der Waals surface area (Å²) in [7, 11) is 1.60. The second-order valence-electron chi connectivity index (χ2n) is 3.39. The van der Waals surface area contributed by atoms with Crippen molar-refractivity contribution < 1.29 is 14.6 Å². The zero-order valence-corrected chi connectivity index (χ0v) is 10.2. The van der Waals surface area contributed by atoms with E-state index in [1.165, 1.54) is 11.3 Å². The molecular weight excluding hydrogens is 238 g/mol. The van der Waals surface area contributed by atoms with Crippen LogP contribution in [0.4, 0.5) is 0 Å². The van der Waals surface area contributed by atoms with E-state index in [2.05, 4.69) is 4.98 Å². The maximum atomic E-state index is 9.21. The smallest absolute Gasteiger partial charge is 0.129 e. The van der Waals surface area contributed by atoms with Crippen molar-refractivity contribution in [2.24, 2.45) is 0 Å². The van der Waals surface area contributed by atoms with Gasteiger partial charge in [0.15, 0.2) is 0 Å². The third kappa shape index (κ3) is 2.95. The number of aromatic nitrogens is 1. The molecule has 1 heterocycles. The predicted molar refractivity (Wildman–Crippen MR) is 65.4 cm³/mol.